The number of pyridine rings is 2. The smallest absolute Gasteiger partial charge is 0.212 e. The van der Waals surface area contributed by atoms with Crippen molar-refractivity contribution in [2.24, 2.45) is 0 Å². The lowest BCUT2D eigenvalue weighted by Crippen LogP contribution is -2.56. The van der Waals surface area contributed by atoms with Gasteiger partial charge in [0.25, 0.3) is 0 Å². The molecule has 204 valence electrons. The van der Waals surface area contributed by atoms with Crippen LogP contribution in [-0.4, -0.2) is 67.3 Å². The van der Waals surface area contributed by atoms with Gasteiger partial charge in [-0.15, -0.1) is 0 Å². The minimum absolute atomic E-state index is 0.311. The van der Waals surface area contributed by atoms with Gasteiger partial charge < -0.3 is 15.0 Å². The van der Waals surface area contributed by atoms with E-state index in [2.05, 4.69) is 62.3 Å². The molecule has 1 aliphatic rings. The van der Waals surface area contributed by atoms with E-state index in [4.69, 9.17) is 19.7 Å². The second kappa shape index (κ2) is 10.9. The highest BCUT2D eigenvalue weighted by atomic mass is 16.5. The first-order chi connectivity index (χ1) is 19.5. The highest BCUT2D eigenvalue weighted by Crippen LogP contribution is 2.29. The van der Waals surface area contributed by atoms with Crippen molar-refractivity contribution in [1.29, 1.82) is 0 Å². The van der Waals surface area contributed by atoms with Crippen LogP contribution in [0.1, 0.15) is 25.1 Å². The van der Waals surface area contributed by atoms with Crippen LogP contribution in [0.5, 0.6) is 5.88 Å². The largest absolute Gasteiger partial charge is 0.481 e. The zero-order chi connectivity index (χ0) is 27.6. The van der Waals surface area contributed by atoms with E-state index in [1.54, 1.807) is 7.11 Å². The Labute approximate surface area is 233 Å². The Hall–Kier alpha value is -4.57. The SMILES string of the molecule is COc1ccc(CN2C[C@H](C)N(c3ccc(-c4nc(Nc5cc(C)[nH]n5)c5ccccc5n4)cn3)C[C@H]2C)cn1. The molecule has 0 bridgehead atoms. The number of aromatic nitrogens is 6. The summed E-state index contributed by atoms with van der Waals surface area (Å²) in [7, 11) is 1.64. The van der Waals surface area contributed by atoms with Gasteiger partial charge in [0.05, 0.1) is 12.6 Å². The van der Waals surface area contributed by atoms with Crippen LogP contribution in [-0.2, 0) is 6.54 Å². The van der Waals surface area contributed by atoms with E-state index in [1.165, 1.54) is 5.56 Å². The summed E-state index contributed by atoms with van der Waals surface area (Å²) in [5.74, 6) is 3.64. The quantitative estimate of drug-likeness (QED) is 0.299. The molecule has 2 N–H and O–H groups in total. The number of aryl methyl sites for hydroxylation is 1. The summed E-state index contributed by atoms with van der Waals surface area (Å²) in [5, 5.41) is 11.5. The molecule has 40 heavy (non-hydrogen) atoms. The van der Waals surface area contributed by atoms with E-state index < -0.39 is 0 Å². The summed E-state index contributed by atoms with van der Waals surface area (Å²) in [6.07, 6.45) is 3.77. The highest BCUT2D eigenvalue weighted by molar-refractivity contribution is 5.91. The van der Waals surface area contributed by atoms with Crippen molar-refractivity contribution in [3.8, 4) is 17.3 Å². The number of H-pyrrole nitrogens is 1. The number of anilines is 3. The van der Waals surface area contributed by atoms with Gasteiger partial charge in [-0.05, 0) is 50.6 Å². The van der Waals surface area contributed by atoms with Crippen LogP contribution < -0.4 is 15.0 Å². The molecule has 1 aliphatic heterocycles. The first-order valence-corrected chi connectivity index (χ1v) is 13.5. The van der Waals surface area contributed by atoms with E-state index in [0.717, 1.165) is 47.6 Å². The first kappa shape index (κ1) is 25.7. The second-order valence-corrected chi connectivity index (χ2v) is 10.4. The molecule has 0 spiro atoms. The Kier molecular flexibility index (Phi) is 7.00. The minimum atomic E-state index is 0.311. The number of hydrogen-bond acceptors (Lipinski definition) is 9. The molecule has 0 unspecified atom stereocenters. The normalized spacial score (nSPS) is 17.8. The third-order valence-corrected chi connectivity index (χ3v) is 7.36. The molecular formula is C30H33N9O. The monoisotopic (exact) mass is 535 g/mol. The molecule has 1 aromatic carbocycles. The molecule has 0 amide bonds. The van der Waals surface area contributed by atoms with Gasteiger partial charge in [0.2, 0.25) is 5.88 Å². The number of nitrogens with zero attached hydrogens (tertiary/aromatic N) is 7. The zero-order valence-corrected chi connectivity index (χ0v) is 23.2. The van der Waals surface area contributed by atoms with Gasteiger partial charge in [-0.2, -0.15) is 5.10 Å². The second-order valence-electron chi connectivity index (χ2n) is 10.4. The minimum Gasteiger partial charge on any atom is -0.481 e. The van der Waals surface area contributed by atoms with Gasteiger partial charge in [-0.1, -0.05) is 18.2 Å². The summed E-state index contributed by atoms with van der Waals surface area (Å²) in [4.78, 5) is 23.8. The number of methoxy groups -OCH3 is 1. The molecule has 0 aliphatic carbocycles. The summed E-state index contributed by atoms with van der Waals surface area (Å²) in [5.41, 5.74) is 3.88. The van der Waals surface area contributed by atoms with Crippen LogP contribution in [0.4, 0.5) is 17.5 Å². The molecule has 10 heteroatoms. The van der Waals surface area contributed by atoms with Gasteiger partial charge in [-0.25, -0.2) is 19.9 Å². The van der Waals surface area contributed by atoms with Crippen LogP contribution in [0.25, 0.3) is 22.3 Å². The van der Waals surface area contributed by atoms with Crippen molar-refractivity contribution in [2.75, 3.05) is 30.4 Å². The summed E-state index contributed by atoms with van der Waals surface area (Å²) in [6.45, 7) is 9.17. The lowest BCUT2D eigenvalue weighted by molar-refractivity contribution is 0.157. The van der Waals surface area contributed by atoms with Crippen molar-refractivity contribution >= 4 is 28.4 Å². The fourth-order valence-corrected chi connectivity index (χ4v) is 5.19. The van der Waals surface area contributed by atoms with Crippen LogP contribution >= 0.6 is 0 Å². The summed E-state index contributed by atoms with van der Waals surface area (Å²) < 4.78 is 5.19. The average Bonchev–Trinajstić information content (AvgIpc) is 3.39. The summed E-state index contributed by atoms with van der Waals surface area (Å²) >= 11 is 0. The van der Waals surface area contributed by atoms with Crippen molar-refractivity contribution in [3.63, 3.8) is 0 Å². The molecule has 10 nitrogen and oxygen atoms in total. The maximum absolute atomic E-state index is 5.19. The number of para-hydroxylation sites is 1. The predicted octanol–water partition coefficient (Wildman–Crippen LogP) is 4.97. The maximum Gasteiger partial charge on any atom is 0.212 e. The highest BCUT2D eigenvalue weighted by Gasteiger charge is 2.30. The first-order valence-electron chi connectivity index (χ1n) is 13.5. The number of rotatable bonds is 7. The Bertz CT molecular complexity index is 1600. The number of fused-ring (bicyclic) bond motifs is 1. The number of benzene rings is 1. The predicted molar refractivity (Wildman–Crippen MR) is 157 cm³/mol. The zero-order valence-electron chi connectivity index (χ0n) is 23.2. The van der Waals surface area contributed by atoms with Crippen molar-refractivity contribution < 1.29 is 4.74 Å². The Balaban J connectivity index is 1.20. The standard InChI is InChI=1S/C30H33N9O/c1-19-13-26(37-36-19)34-30-24-7-5-6-8-25(24)33-29(35-30)23-10-11-27(31-15-23)39-17-20(2)38(16-21(39)3)18-22-9-12-28(40-4)32-14-22/h5-15,20-21H,16-18H2,1-4H3,(H2,33,34,35,36,37)/t20-,21+/m1/s1. The number of piperazine rings is 1. The molecule has 0 saturated carbocycles. The Morgan fingerprint density at radius 2 is 1.85 bits per heavy atom. The van der Waals surface area contributed by atoms with Crippen LogP contribution in [0.15, 0.2) is 67.0 Å². The number of ether oxygens (including phenoxy) is 1. The molecule has 5 aromatic rings. The fraction of sp³-hybridized carbons (Fsp3) is 0.300. The number of hydrogen-bond donors (Lipinski definition) is 2. The van der Waals surface area contributed by atoms with Gasteiger partial charge in [0.1, 0.15) is 11.6 Å². The molecule has 6 rings (SSSR count). The summed E-state index contributed by atoms with van der Waals surface area (Å²) in [6, 6.07) is 18.7. The van der Waals surface area contributed by atoms with E-state index in [1.807, 2.05) is 55.7 Å². The van der Waals surface area contributed by atoms with E-state index in [-0.39, 0.29) is 0 Å². The molecule has 2 atom stereocenters. The average molecular weight is 536 g/mol. The van der Waals surface area contributed by atoms with E-state index in [9.17, 15) is 0 Å². The molecule has 4 aromatic heterocycles. The van der Waals surface area contributed by atoms with Crippen molar-refractivity contribution in [3.05, 3.63) is 78.2 Å². The van der Waals surface area contributed by atoms with Crippen molar-refractivity contribution in [2.45, 2.75) is 39.4 Å². The lowest BCUT2D eigenvalue weighted by atomic mass is 10.1. The number of aromatic amines is 1. The molecule has 5 heterocycles. The van der Waals surface area contributed by atoms with Crippen LogP contribution in [0.3, 0.4) is 0 Å². The van der Waals surface area contributed by atoms with Crippen LogP contribution in [0, 0.1) is 6.92 Å². The number of nitrogens with one attached hydrogen (secondary N) is 2. The molecular weight excluding hydrogens is 502 g/mol. The van der Waals surface area contributed by atoms with Crippen molar-refractivity contribution in [1.82, 2.24) is 35.0 Å². The third-order valence-electron chi connectivity index (χ3n) is 7.36. The molecule has 1 saturated heterocycles. The van der Waals surface area contributed by atoms with Gasteiger partial charge in [0, 0.05) is 72.9 Å². The maximum atomic E-state index is 5.19. The third kappa shape index (κ3) is 5.30. The Morgan fingerprint density at radius 3 is 2.58 bits per heavy atom. The van der Waals surface area contributed by atoms with Gasteiger partial charge in [-0.3, -0.25) is 10.00 Å². The Morgan fingerprint density at radius 1 is 0.975 bits per heavy atom. The van der Waals surface area contributed by atoms with Crippen LogP contribution in [0.2, 0.25) is 0 Å². The van der Waals surface area contributed by atoms with E-state index in [0.29, 0.717) is 35.4 Å². The molecule has 0 radical (unpaired) electrons. The van der Waals surface area contributed by atoms with Gasteiger partial charge in [0.15, 0.2) is 11.6 Å². The fourth-order valence-electron chi connectivity index (χ4n) is 5.19. The van der Waals surface area contributed by atoms with Gasteiger partial charge >= 0.3 is 0 Å². The van der Waals surface area contributed by atoms with E-state index >= 15 is 0 Å². The molecule has 1 fully saturated rings. The lowest BCUT2D eigenvalue weighted by Gasteiger charge is -2.44. The topological polar surface area (TPSA) is 108 Å².